The minimum atomic E-state index is -0.361. The number of nitrogens with zero attached hydrogens (tertiary/aromatic N) is 2. The Morgan fingerprint density at radius 2 is 1.75 bits per heavy atom. The van der Waals surface area contributed by atoms with Gasteiger partial charge in [-0.2, -0.15) is 0 Å². The van der Waals surface area contributed by atoms with Crippen molar-refractivity contribution in [3.05, 3.63) is 39.9 Å². The standard InChI is InChI=1S/C11H14N2O2.BrH/c14-13(15)11-5-3-10(4-6-11)9-12-7-1-2-8-12;/h3-6H,1-2,7-9H2;1H/p-1. The molecule has 0 unspecified atom stereocenters. The van der Waals surface area contributed by atoms with Gasteiger partial charge in [0.15, 0.2) is 0 Å². The minimum Gasteiger partial charge on any atom is -1.00 e. The molecule has 1 aliphatic heterocycles. The number of benzene rings is 1. The molecule has 5 heteroatoms. The Kier molecular flexibility index (Phi) is 4.89. The van der Waals surface area contributed by atoms with Crippen LogP contribution in [-0.4, -0.2) is 22.9 Å². The maximum absolute atomic E-state index is 10.5. The van der Waals surface area contributed by atoms with Crippen molar-refractivity contribution in [1.82, 2.24) is 4.90 Å². The SMILES string of the molecule is O=[N+]([O-])c1ccc(CN2CCCC2)cc1.[Br-]. The number of rotatable bonds is 3. The number of non-ortho nitro benzene ring substituents is 1. The number of hydrogen-bond acceptors (Lipinski definition) is 3. The molecule has 1 heterocycles. The van der Waals surface area contributed by atoms with Crippen molar-refractivity contribution >= 4 is 5.69 Å². The van der Waals surface area contributed by atoms with E-state index in [0.717, 1.165) is 25.2 Å². The molecule has 1 aliphatic rings. The summed E-state index contributed by atoms with van der Waals surface area (Å²) in [5.74, 6) is 0. The van der Waals surface area contributed by atoms with Crippen molar-refractivity contribution in [3.8, 4) is 0 Å². The largest absolute Gasteiger partial charge is 1.00 e. The van der Waals surface area contributed by atoms with E-state index in [9.17, 15) is 10.1 Å². The Hall–Kier alpha value is -0.940. The van der Waals surface area contributed by atoms with E-state index in [1.54, 1.807) is 12.1 Å². The summed E-state index contributed by atoms with van der Waals surface area (Å²) < 4.78 is 0. The molecule has 0 spiro atoms. The predicted octanol–water partition coefficient (Wildman–Crippen LogP) is -0.805. The fourth-order valence-corrected chi connectivity index (χ4v) is 1.92. The summed E-state index contributed by atoms with van der Waals surface area (Å²) in [5.41, 5.74) is 1.32. The summed E-state index contributed by atoms with van der Waals surface area (Å²) >= 11 is 0. The molecule has 0 atom stereocenters. The molecule has 1 fully saturated rings. The van der Waals surface area contributed by atoms with E-state index in [2.05, 4.69) is 4.90 Å². The van der Waals surface area contributed by atoms with E-state index in [1.807, 2.05) is 12.1 Å². The molecule has 1 aromatic carbocycles. The summed E-state index contributed by atoms with van der Waals surface area (Å²) in [6.07, 6.45) is 2.54. The number of nitro benzene ring substituents is 1. The second kappa shape index (κ2) is 5.96. The van der Waals surface area contributed by atoms with Crippen LogP contribution < -0.4 is 17.0 Å². The first-order chi connectivity index (χ1) is 7.25. The van der Waals surface area contributed by atoms with Crippen LogP contribution in [0.1, 0.15) is 18.4 Å². The zero-order valence-corrected chi connectivity index (χ0v) is 10.5. The Labute approximate surface area is 105 Å². The Bertz CT molecular complexity index is 348. The lowest BCUT2D eigenvalue weighted by molar-refractivity contribution is -0.384. The molecule has 1 aromatic rings. The quantitative estimate of drug-likeness (QED) is 0.539. The van der Waals surface area contributed by atoms with E-state index in [4.69, 9.17) is 0 Å². The molecule has 0 saturated carbocycles. The topological polar surface area (TPSA) is 46.4 Å². The summed E-state index contributed by atoms with van der Waals surface area (Å²) in [6, 6.07) is 6.84. The van der Waals surface area contributed by atoms with Crippen LogP contribution >= 0.6 is 0 Å². The predicted molar refractivity (Wildman–Crippen MR) is 57.6 cm³/mol. The van der Waals surface area contributed by atoms with Crippen LogP contribution in [0.5, 0.6) is 0 Å². The maximum Gasteiger partial charge on any atom is 0.269 e. The highest BCUT2D eigenvalue weighted by Gasteiger charge is 2.12. The zero-order chi connectivity index (χ0) is 10.7. The fourth-order valence-electron chi connectivity index (χ4n) is 1.92. The molecule has 0 N–H and O–H groups in total. The lowest BCUT2D eigenvalue weighted by Crippen LogP contribution is -3.00. The molecule has 0 bridgehead atoms. The molecule has 16 heavy (non-hydrogen) atoms. The minimum absolute atomic E-state index is 0. The molecular formula is C11H14BrN2O2-. The van der Waals surface area contributed by atoms with Gasteiger partial charge in [0, 0.05) is 18.7 Å². The summed E-state index contributed by atoms with van der Waals surface area (Å²) in [4.78, 5) is 12.5. The molecular weight excluding hydrogens is 272 g/mol. The molecule has 4 nitrogen and oxygen atoms in total. The second-order valence-corrected chi connectivity index (χ2v) is 3.91. The average Bonchev–Trinajstić information content (AvgIpc) is 2.71. The lowest BCUT2D eigenvalue weighted by atomic mass is 10.2. The first-order valence-corrected chi connectivity index (χ1v) is 5.21. The number of nitro groups is 1. The van der Waals surface area contributed by atoms with E-state index >= 15 is 0 Å². The molecule has 0 aliphatic carbocycles. The molecule has 88 valence electrons. The third-order valence-electron chi connectivity index (χ3n) is 2.75. The Balaban J connectivity index is 0.00000128. The van der Waals surface area contributed by atoms with Crippen molar-refractivity contribution in [2.24, 2.45) is 0 Å². The number of hydrogen-bond donors (Lipinski definition) is 0. The highest BCUT2D eigenvalue weighted by Crippen LogP contribution is 2.16. The molecule has 0 amide bonds. The second-order valence-electron chi connectivity index (χ2n) is 3.91. The van der Waals surface area contributed by atoms with Crippen LogP contribution in [0.3, 0.4) is 0 Å². The van der Waals surface area contributed by atoms with Gasteiger partial charge in [-0.15, -0.1) is 0 Å². The van der Waals surface area contributed by atoms with Gasteiger partial charge in [0.1, 0.15) is 0 Å². The van der Waals surface area contributed by atoms with Crippen LogP contribution in [0.25, 0.3) is 0 Å². The normalized spacial score (nSPS) is 15.8. The summed E-state index contributed by atoms with van der Waals surface area (Å²) in [5, 5.41) is 10.5. The lowest BCUT2D eigenvalue weighted by Gasteiger charge is -2.13. The van der Waals surface area contributed by atoms with Crippen molar-refractivity contribution in [2.75, 3.05) is 13.1 Å². The van der Waals surface area contributed by atoms with Gasteiger partial charge < -0.3 is 17.0 Å². The van der Waals surface area contributed by atoms with Gasteiger partial charge in [0.2, 0.25) is 0 Å². The van der Waals surface area contributed by atoms with Gasteiger partial charge >= 0.3 is 0 Å². The molecule has 1 saturated heterocycles. The van der Waals surface area contributed by atoms with E-state index < -0.39 is 0 Å². The van der Waals surface area contributed by atoms with Gasteiger partial charge in [-0.3, -0.25) is 15.0 Å². The Morgan fingerprint density at radius 1 is 1.19 bits per heavy atom. The molecule has 0 radical (unpaired) electrons. The third-order valence-corrected chi connectivity index (χ3v) is 2.75. The first-order valence-electron chi connectivity index (χ1n) is 5.21. The summed E-state index contributed by atoms with van der Waals surface area (Å²) in [7, 11) is 0. The van der Waals surface area contributed by atoms with Crippen LogP contribution in [0, 0.1) is 10.1 Å². The van der Waals surface area contributed by atoms with Gasteiger partial charge in [0.05, 0.1) is 4.92 Å². The zero-order valence-electron chi connectivity index (χ0n) is 8.93. The molecule has 0 aromatic heterocycles. The van der Waals surface area contributed by atoms with Crippen LogP contribution in [0.15, 0.2) is 24.3 Å². The van der Waals surface area contributed by atoms with Gasteiger partial charge in [-0.25, -0.2) is 0 Å². The van der Waals surface area contributed by atoms with Gasteiger partial charge in [-0.05, 0) is 31.5 Å². The van der Waals surface area contributed by atoms with E-state index in [-0.39, 0.29) is 27.6 Å². The Morgan fingerprint density at radius 3 is 2.25 bits per heavy atom. The van der Waals surface area contributed by atoms with Crippen molar-refractivity contribution in [3.63, 3.8) is 0 Å². The van der Waals surface area contributed by atoms with Gasteiger partial charge in [-0.1, -0.05) is 12.1 Å². The van der Waals surface area contributed by atoms with Crippen molar-refractivity contribution in [2.45, 2.75) is 19.4 Å². The van der Waals surface area contributed by atoms with Crippen molar-refractivity contribution in [1.29, 1.82) is 0 Å². The fraction of sp³-hybridized carbons (Fsp3) is 0.455. The number of halogens is 1. The monoisotopic (exact) mass is 285 g/mol. The van der Waals surface area contributed by atoms with Crippen LogP contribution in [-0.2, 0) is 6.54 Å². The number of likely N-dealkylation sites (tertiary alicyclic amines) is 1. The average molecular weight is 286 g/mol. The van der Waals surface area contributed by atoms with E-state index in [1.165, 1.54) is 12.8 Å². The van der Waals surface area contributed by atoms with Crippen LogP contribution in [0.4, 0.5) is 5.69 Å². The smallest absolute Gasteiger partial charge is 0.269 e. The maximum atomic E-state index is 10.5. The van der Waals surface area contributed by atoms with Crippen molar-refractivity contribution < 1.29 is 21.9 Å². The third kappa shape index (κ3) is 3.28. The first kappa shape index (κ1) is 13.1. The highest BCUT2D eigenvalue weighted by atomic mass is 79.9. The molecule has 2 rings (SSSR count). The van der Waals surface area contributed by atoms with Gasteiger partial charge in [0.25, 0.3) is 5.69 Å². The summed E-state index contributed by atoms with van der Waals surface area (Å²) in [6.45, 7) is 3.21. The highest BCUT2D eigenvalue weighted by molar-refractivity contribution is 5.32. The van der Waals surface area contributed by atoms with E-state index in [0.29, 0.717) is 0 Å². The van der Waals surface area contributed by atoms with Crippen LogP contribution in [0.2, 0.25) is 0 Å².